The fraction of sp³-hybridized carbons (Fsp3) is 0.778. The maximum Gasteiger partial charge on any atom is 0.223 e. The largest absolute Gasteiger partial charge is 0.357 e. The average molecular weight is 450 g/mol. The molecule has 2 N–H and O–H groups in total. The van der Waals surface area contributed by atoms with Gasteiger partial charge >= 0.3 is 0 Å². The maximum atomic E-state index is 12.1. The number of hydrogen-bond acceptors (Lipinski definition) is 2. The number of halogens is 1. The Labute approximate surface area is 164 Å². The normalized spacial score (nSPS) is 15.3. The molecule has 140 valence electrons. The van der Waals surface area contributed by atoms with Gasteiger partial charge in [-0.1, -0.05) is 25.3 Å². The minimum Gasteiger partial charge on any atom is -0.357 e. The van der Waals surface area contributed by atoms with Crippen molar-refractivity contribution in [3.63, 3.8) is 0 Å². The minimum atomic E-state index is 0. The molecule has 0 aromatic rings. The quantitative estimate of drug-likeness (QED) is 0.187. The molecule has 1 aliphatic rings. The molecule has 1 amide bonds. The molecular weight excluding hydrogens is 415 g/mol. The number of hydrogen-bond donors (Lipinski definition) is 2. The van der Waals surface area contributed by atoms with Crippen LogP contribution in [0.3, 0.4) is 0 Å². The van der Waals surface area contributed by atoms with E-state index < -0.39 is 0 Å². The van der Waals surface area contributed by atoms with Crippen LogP contribution in [-0.4, -0.2) is 50.0 Å². The van der Waals surface area contributed by atoms with Crippen LogP contribution in [0.15, 0.2) is 17.6 Å². The smallest absolute Gasteiger partial charge is 0.223 e. The lowest BCUT2D eigenvalue weighted by Gasteiger charge is -2.22. The van der Waals surface area contributed by atoms with E-state index in [0.29, 0.717) is 13.1 Å². The van der Waals surface area contributed by atoms with Crippen LogP contribution in [0, 0.1) is 5.92 Å². The zero-order valence-corrected chi connectivity index (χ0v) is 17.7. The van der Waals surface area contributed by atoms with E-state index in [1.807, 2.05) is 13.1 Å². The number of carbonyl (C=O) groups excluding carboxylic acids is 1. The van der Waals surface area contributed by atoms with Crippen molar-refractivity contribution < 1.29 is 4.79 Å². The summed E-state index contributed by atoms with van der Waals surface area (Å²) in [5, 5.41) is 6.33. The molecule has 0 heterocycles. The molecule has 1 rings (SSSR count). The second-order valence-corrected chi connectivity index (χ2v) is 6.21. The van der Waals surface area contributed by atoms with Gasteiger partial charge in [-0.2, -0.15) is 0 Å². The Bertz CT molecular complexity index is 381. The van der Waals surface area contributed by atoms with Crippen molar-refractivity contribution in [1.29, 1.82) is 0 Å². The third kappa shape index (κ3) is 9.49. The first-order valence-corrected chi connectivity index (χ1v) is 9.07. The summed E-state index contributed by atoms with van der Waals surface area (Å²) in [7, 11) is 2.05. The predicted molar refractivity (Wildman–Crippen MR) is 113 cm³/mol. The Morgan fingerprint density at radius 3 is 2.62 bits per heavy atom. The number of rotatable bonds is 9. The van der Waals surface area contributed by atoms with Crippen molar-refractivity contribution in [1.82, 2.24) is 15.5 Å². The molecule has 0 aromatic heterocycles. The number of aliphatic imine (C=N–C) groups is 1. The SMILES string of the molecule is C=CCCCN(C)C(=NCCNC(=O)C1CCCCC1)NCC.I. The van der Waals surface area contributed by atoms with Crippen LogP contribution < -0.4 is 10.6 Å². The highest BCUT2D eigenvalue weighted by molar-refractivity contribution is 14.0. The molecule has 24 heavy (non-hydrogen) atoms. The molecule has 0 unspecified atom stereocenters. The highest BCUT2D eigenvalue weighted by Gasteiger charge is 2.20. The van der Waals surface area contributed by atoms with Crippen molar-refractivity contribution >= 4 is 35.8 Å². The summed E-state index contributed by atoms with van der Waals surface area (Å²) in [6, 6.07) is 0. The topological polar surface area (TPSA) is 56.7 Å². The molecule has 6 heteroatoms. The third-order valence-corrected chi connectivity index (χ3v) is 4.25. The van der Waals surface area contributed by atoms with Gasteiger partial charge in [-0.05, 0) is 32.6 Å². The van der Waals surface area contributed by atoms with Crippen LogP contribution in [0.2, 0.25) is 0 Å². The molecule has 0 saturated heterocycles. The van der Waals surface area contributed by atoms with Crippen molar-refractivity contribution in [2.75, 3.05) is 33.2 Å². The van der Waals surface area contributed by atoms with E-state index in [4.69, 9.17) is 0 Å². The predicted octanol–water partition coefficient (Wildman–Crippen LogP) is 3.16. The fourth-order valence-electron chi connectivity index (χ4n) is 2.90. The van der Waals surface area contributed by atoms with Gasteiger partial charge in [0.25, 0.3) is 0 Å². The van der Waals surface area contributed by atoms with Crippen molar-refractivity contribution in [3.8, 4) is 0 Å². The van der Waals surface area contributed by atoms with Crippen LogP contribution in [0.1, 0.15) is 51.9 Å². The van der Waals surface area contributed by atoms with Crippen LogP contribution in [0.4, 0.5) is 0 Å². The number of amides is 1. The van der Waals surface area contributed by atoms with E-state index in [-0.39, 0.29) is 35.8 Å². The Morgan fingerprint density at radius 2 is 2.00 bits per heavy atom. The second-order valence-electron chi connectivity index (χ2n) is 6.21. The number of allylic oxidation sites excluding steroid dienone is 1. The molecule has 0 bridgehead atoms. The number of unbranched alkanes of at least 4 members (excludes halogenated alkanes) is 1. The van der Waals surface area contributed by atoms with Crippen molar-refractivity contribution in [2.45, 2.75) is 51.9 Å². The molecule has 1 aliphatic carbocycles. The third-order valence-electron chi connectivity index (χ3n) is 4.25. The number of guanidine groups is 1. The lowest BCUT2D eigenvalue weighted by Crippen LogP contribution is -2.40. The van der Waals surface area contributed by atoms with Gasteiger partial charge in [-0.25, -0.2) is 0 Å². The Hall–Kier alpha value is -0.790. The van der Waals surface area contributed by atoms with Crippen LogP contribution in [0.25, 0.3) is 0 Å². The minimum absolute atomic E-state index is 0. The molecular formula is C18H35IN4O. The standard InChI is InChI=1S/C18H34N4O.HI/c1-4-6-10-15-22(3)18(19-5-2)21-14-13-20-17(23)16-11-8-7-9-12-16;/h4,16H,1,5-15H2,2-3H3,(H,19,21)(H,20,23);1H. The molecule has 0 radical (unpaired) electrons. The van der Waals surface area contributed by atoms with E-state index >= 15 is 0 Å². The van der Waals surface area contributed by atoms with Gasteiger partial charge < -0.3 is 15.5 Å². The fourth-order valence-corrected chi connectivity index (χ4v) is 2.90. The summed E-state index contributed by atoms with van der Waals surface area (Å²) in [5.41, 5.74) is 0. The maximum absolute atomic E-state index is 12.1. The monoisotopic (exact) mass is 450 g/mol. The summed E-state index contributed by atoms with van der Waals surface area (Å²) < 4.78 is 0. The Kier molecular flexibility index (Phi) is 14.1. The van der Waals surface area contributed by atoms with Gasteiger partial charge in [0.2, 0.25) is 5.91 Å². The summed E-state index contributed by atoms with van der Waals surface area (Å²) in [6.45, 7) is 8.85. The molecule has 0 spiro atoms. The van der Waals surface area contributed by atoms with E-state index in [0.717, 1.165) is 44.7 Å². The van der Waals surface area contributed by atoms with Crippen LogP contribution in [-0.2, 0) is 4.79 Å². The lowest BCUT2D eigenvalue weighted by atomic mass is 9.89. The molecule has 1 fully saturated rings. The van der Waals surface area contributed by atoms with Gasteiger partial charge in [-0.3, -0.25) is 9.79 Å². The van der Waals surface area contributed by atoms with Gasteiger partial charge in [0, 0.05) is 32.6 Å². The number of nitrogens with zero attached hydrogens (tertiary/aromatic N) is 2. The summed E-state index contributed by atoms with van der Waals surface area (Å²) in [6.07, 6.45) is 9.78. The van der Waals surface area contributed by atoms with Gasteiger partial charge in [0.05, 0.1) is 6.54 Å². The molecule has 1 saturated carbocycles. The number of nitrogens with one attached hydrogen (secondary N) is 2. The van der Waals surface area contributed by atoms with Gasteiger partial charge in [0.15, 0.2) is 5.96 Å². The Morgan fingerprint density at radius 1 is 1.29 bits per heavy atom. The van der Waals surface area contributed by atoms with E-state index in [1.54, 1.807) is 0 Å². The lowest BCUT2D eigenvalue weighted by molar-refractivity contribution is -0.125. The Balaban J connectivity index is 0.00000529. The van der Waals surface area contributed by atoms with Gasteiger partial charge in [-0.15, -0.1) is 30.6 Å². The average Bonchev–Trinajstić information content (AvgIpc) is 2.58. The van der Waals surface area contributed by atoms with E-state index in [9.17, 15) is 4.79 Å². The van der Waals surface area contributed by atoms with E-state index in [1.165, 1.54) is 19.3 Å². The highest BCUT2D eigenvalue weighted by Crippen LogP contribution is 2.23. The van der Waals surface area contributed by atoms with E-state index in [2.05, 4.69) is 34.0 Å². The first-order chi connectivity index (χ1) is 11.2. The molecule has 5 nitrogen and oxygen atoms in total. The first kappa shape index (κ1) is 23.2. The van der Waals surface area contributed by atoms with Crippen molar-refractivity contribution in [3.05, 3.63) is 12.7 Å². The zero-order valence-electron chi connectivity index (χ0n) is 15.4. The molecule has 0 aliphatic heterocycles. The second kappa shape index (κ2) is 14.5. The summed E-state index contributed by atoms with van der Waals surface area (Å²) >= 11 is 0. The summed E-state index contributed by atoms with van der Waals surface area (Å²) in [5.74, 6) is 1.34. The first-order valence-electron chi connectivity index (χ1n) is 9.07. The highest BCUT2D eigenvalue weighted by atomic mass is 127. The summed E-state index contributed by atoms with van der Waals surface area (Å²) in [4.78, 5) is 18.8. The van der Waals surface area contributed by atoms with Crippen molar-refractivity contribution in [2.24, 2.45) is 10.9 Å². The number of carbonyl (C=O) groups is 1. The molecule has 0 atom stereocenters. The van der Waals surface area contributed by atoms with Crippen LogP contribution in [0.5, 0.6) is 0 Å². The molecule has 0 aromatic carbocycles. The van der Waals surface area contributed by atoms with Crippen LogP contribution >= 0.6 is 24.0 Å². The van der Waals surface area contributed by atoms with Gasteiger partial charge in [0.1, 0.15) is 0 Å². The zero-order chi connectivity index (χ0) is 16.9.